The van der Waals surface area contributed by atoms with Crippen molar-refractivity contribution in [1.29, 1.82) is 0 Å². The smallest absolute Gasteiger partial charge is 0.0431 e. The van der Waals surface area contributed by atoms with Crippen molar-refractivity contribution in [2.45, 2.75) is 58.8 Å². The lowest BCUT2D eigenvalue weighted by molar-refractivity contribution is 0.245. The fourth-order valence-electron chi connectivity index (χ4n) is 2.12. The molecule has 0 heterocycles. The molecule has 1 unspecified atom stereocenters. The summed E-state index contributed by atoms with van der Waals surface area (Å²) in [6.07, 6.45) is 8.72. The molecule has 0 aromatic rings. The van der Waals surface area contributed by atoms with E-state index in [1.54, 1.807) is 0 Å². The Bertz CT molecular complexity index is 139. The molecule has 98 valence electrons. The highest BCUT2D eigenvalue weighted by Crippen LogP contribution is 2.13. The van der Waals surface area contributed by atoms with Crippen LogP contribution in [-0.4, -0.2) is 36.8 Å². The van der Waals surface area contributed by atoms with E-state index >= 15 is 0 Å². The fraction of sp³-hybridized carbons (Fsp3) is 1.00. The molecule has 0 aromatic heterocycles. The van der Waals surface area contributed by atoms with Gasteiger partial charge in [0.05, 0.1) is 0 Å². The van der Waals surface area contributed by atoms with Crippen LogP contribution in [0.1, 0.15) is 58.8 Å². The zero-order chi connectivity index (χ0) is 12.2. The third-order valence-electron chi connectivity index (χ3n) is 3.31. The second kappa shape index (κ2) is 11.4. The van der Waals surface area contributed by atoms with Crippen LogP contribution in [-0.2, 0) is 0 Å². The first-order valence-electron chi connectivity index (χ1n) is 7.03. The van der Waals surface area contributed by atoms with Crippen molar-refractivity contribution in [1.82, 2.24) is 4.90 Å². The van der Waals surface area contributed by atoms with Gasteiger partial charge in [-0.15, -0.1) is 0 Å². The van der Waals surface area contributed by atoms with E-state index in [0.29, 0.717) is 6.61 Å². The Kier molecular flexibility index (Phi) is 11.3. The van der Waals surface area contributed by atoms with Crippen LogP contribution in [0.15, 0.2) is 0 Å². The number of aliphatic hydroxyl groups is 1. The van der Waals surface area contributed by atoms with Crippen molar-refractivity contribution in [2.24, 2.45) is 5.92 Å². The Hall–Kier alpha value is -0.0800. The first-order chi connectivity index (χ1) is 7.74. The molecule has 0 bridgehead atoms. The van der Waals surface area contributed by atoms with Gasteiger partial charge in [-0.1, -0.05) is 33.1 Å². The van der Waals surface area contributed by atoms with E-state index in [1.165, 1.54) is 45.2 Å². The topological polar surface area (TPSA) is 23.5 Å². The van der Waals surface area contributed by atoms with Gasteiger partial charge in [0, 0.05) is 13.2 Å². The van der Waals surface area contributed by atoms with Crippen molar-refractivity contribution < 1.29 is 5.11 Å². The summed E-state index contributed by atoms with van der Waals surface area (Å²) in [5.74, 6) is 0.878. The van der Waals surface area contributed by atoms with Gasteiger partial charge in [0.1, 0.15) is 0 Å². The molecule has 1 N–H and O–H groups in total. The predicted molar refractivity (Wildman–Crippen MR) is 71.7 cm³/mol. The third kappa shape index (κ3) is 9.17. The second-order valence-corrected chi connectivity index (χ2v) is 4.96. The zero-order valence-corrected chi connectivity index (χ0v) is 11.5. The minimum Gasteiger partial charge on any atom is -0.396 e. The molecule has 0 amide bonds. The van der Waals surface area contributed by atoms with E-state index in [9.17, 15) is 0 Å². The number of rotatable bonds is 11. The summed E-state index contributed by atoms with van der Waals surface area (Å²) >= 11 is 0. The summed E-state index contributed by atoms with van der Waals surface area (Å²) in [5.41, 5.74) is 0. The molecule has 0 aliphatic carbocycles. The van der Waals surface area contributed by atoms with E-state index in [0.717, 1.165) is 18.8 Å². The van der Waals surface area contributed by atoms with E-state index in [4.69, 9.17) is 5.11 Å². The molecule has 0 radical (unpaired) electrons. The van der Waals surface area contributed by atoms with Crippen molar-refractivity contribution in [3.63, 3.8) is 0 Å². The van der Waals surface area contributed by atoms with E-state index in [-0.39, 0.29) is 0 Å². The maximum Gasteiger partial charge on any atom is 0.0431 e. The molecule has 0 aromatic carbocycles. The largest absolute Gasteiger partial charge is 0.396 e. The maximum absolute atomic E-state index is 8.70. The lowest BCUT2D eigenvalue weighted by atomic mass is 9.99. The Morgan fingerprint density at radius 1 is 1.06 bits per heavy atom. The Labute approximate surface area is 102 Å². The van der Waals surface area contributed by atoms with Crippen LogP contribution in [0.3, 0.4) is 0 Å². The average Bonchev–Trinajstić information content (AvgIpc) is 2.30. The fourth-order valence-corrected chi connectivity index (χ4v) is 2.12. The van der Waals surface area contributed by atoms with Gasteiger partial charge in [0.25, 0.3) is 0 Å². The number of unbranched alkanes of at least 4 members (excludes halogenated alkanes) is 3. The molecular weight excluding hydrogens is 198 g/mol. The number of hydrogen-bond donors (Lipinski definition) is 1. The van der Waals surface area contributed by atoms with Gasteiger partial charge in [0.2, 0.25) is 0 Å². The molecule has 0 aliphatic rings. The van der Waals surface area contributed by atoms with Crippen LogP contribution in [0, 0.1) is 5.92 Å². The molecule has 0 rings (SSSR count). The lowest BCUT2D eigenvalue weighted by Crippen LogP contribution is -2.26. The summed E-state index contributed by atoms with van der Waals surface area (Å²) in [6, 6.07) is 0. The van der Waals surface area contributed by atoms with Crippen LogP contribution >= 0.6 is 0 Å². The van der Waals surface area contributed by atoms with Crippen molar-refractivity contribution >= 4 is 0 Å². The molecule has 0 saturated carbocycles. The number of nitrogens with zero attached hydrogens (tertiary/aromatic N) is 1. The summed E-state index contributed by atoms with van der Waals surface area (Å²) < 4.78 is 0. The first-order valence-corrected chi connectivity index (χ1v) is 7.03. The second-order valence-electron chi connectivity index (χ2n) is 4.96. The van der Waals surface area contributed by atoms with Gasteiger partial charge in [-0.2, -0.15) is 0 Å². The Morgan fingerprint density at radius 2 is 1.81 bits per heavy atom. The van der Waals surface area contributed by atoms with E-state index in [1.807, 2.05) is 0 Å². The molecule has 16 heavy (non-hydrogen) atoms. The van der Waals surface area contributed by atoms with Crippen LogP contribution < -0.4 is 0 Å². The number of aliphatic hydroxyl groups excluding tert-OH is 1. The van der Waals surface area contributed by atoms with Crippen molar-refractivity contribution in [2.75, 3.05) is 26.7 Å². The molecule has 0 aliphatic heterocycles. The highest BCUT2D eigenvalue weighted by molar-refractivity contribution is 4.62. The quantitative estimate of drug-likeness (QED) is 0.550. The van der Waals surface area contributed by atoms with Gasteiger partial charge < -0.3 is 10.0 Å². The first kappa shape index (κ1) is 15.9. The van der Waals surface area contributed by atoms with Gasteiger partial charge in [0.15, 0.2) is 0 Å². The molecule has 0 fully saturated rings. The van der Waals surface area contributed by atoms with E-state index < -0.39 is 0 Å². The van der Waals surface area contributed by atoms with Gasteiger partial charge in [-0.05, 0) is 45.2 Å². The van der Waals surface area contributed by atoms with Crippen LogP contribution in [0.2, 0.25) is 0 Å². The van der Waals surface area contributed by atoms with E-state index in [2.05, 4.69) is 25.8 Å². The molecule has 0 saturated heterocycles. The molecule has 1 atom stereocenters. The number of hydrogen-bond acceptors (Lipinski definition) is 2. The molecule has 2 heteroatoms. The molecule has 0 spiro atoms. The lowest BCUT2D eigenvalue weighted by Gasteiger charge is -2.23. The Balaban J connectivity index is 3.53. The minimum atomic E-state index is 0.345. The van der Waals surface area contributed by atoms with Gasteiger partial charge in [-0.3, -0.25) is 0 Å². The molecule has 2 nitrogen and oxygen atoms in total. The summed E-state index contributed by atoms with van der Waals surface area (Å²) in [6.45, 7) is 7.35. The van der Waals surface area contributed by atoms with Crippen LogP contribution in [0.4, 0.5) is 0 Å². The predicted octanol–water partition coefficient (Wildman–Crippen LogP) is 3.30. The average molecular weight is 229 g/mol. The SMILES string of the molecule is CCCCC(CC)CN(C)CCCCCO. The third-order valence-corrected chi connectivity index (χ3v) is 3.31. The summed E-state index contributed by atoms with van der Waals surface area (Å²) in [4.78, 5) is 2.46. The zero-order valence-electron chi connectivity index (χ0n) is 11.5. The Morgan fingerprint density at radius 3 is 2.38 bits per heavy atom. The monoisotopic (exact) mass is 229 g/mol. The highest BCUT2D eigenvalue weighted by atomic mass is 16.2. The van der Waals surface area contributed by atoms with Gasteiger partial charge >= 0.3 is 0 Å². The minimum absolute atomic E-state index is 0.345. The van der Waals surface area contributed by atoms with Crippen LogP contribution in [0.25, 0.3) is 0 Å². The summed E-state index contributed by atoms with van der Waals surface area (Å²) in [7, 11) is 2.23. The highest BCUT2D eigenvalue weighted by Gasteiger charge is 2.08. The van der Waals surface area contributed by atoms with Crippen molar-refractivity contribution in [3.05, 3.63) is 0 Å². The standard InChI is InChI=1S/C14H31NO/c1-4-6-10-14(5-2)13-15(3)11-8-7-9-12-16/h14,16H,4-13H2,1-3H3. The van der Waals surface area contributed by atoms with Crippen LogP contribution in [0.5, 0.6) is 0 Å². The van der Waals surface area contributed by atoms with Crippen molar-refractivity contribution in [3.8, 4) is 0 Å². The summed E-state index contributed by atoms with van der Waals surface area (Å²) in [5, 5.41) is 8.70. The van der Waals surface area contributed by atoms with Gasteiger partial charge in [-0.25, -0.2) is 0 Å². The molecular formula is C14H31NO. The normalized spacial score (nSPS) is 13.3. The maximum atomic E-state index is 8.70.